The van der Waals surface area contributed by atoms with Gasteiger partial charge < -0.3 is 10.5 Å². The van der Waals surface area contributed by atoms with Crippen LogP contribution in [0.3, 0.4) is 0 Å². The number of nitrogens with two attached hydrogens (primary N) is 1. The number of ether oxygens (including phenoxy) is 1. The van der Waals surface area contributed by atoms with Gasteiger partial charge in [0.1, 0.15) is 11.0 Å². The van der Waals surface area contributed by atoms with Crippen LogP contribution in [0.25, 0.3) is 0 Å². The summed E-state index contributed by atoms with van der Waals surface area (Å²) >= 11 is 0. The molecule has 0 radical (unpaired) electrons. The fourth-order valence-electron chi connectivity index (χ4n) is 2.58. The molecular formula is C13H16N2O3S. The van der Waals surface area contributed by atoms with Gasteiger partial charge in [-0.1, -0.05) is 18.6 Å². The van der Waals surface area contributed by atoms with E-state index in [1.165, 1.54) is 0 Å². The van der Waals surface area contributed by atoms with Crippen molar-refractivity contribution in [1.29, 1.82) is 0 Å². The predicted octanol–water partition coefficient (Wildman–Crippen LogP) is 1.42. The summed E-state index contributed by atoms with van der Waals surface area (Å²) in [5.41, 5.74) is 6.56. The van der Waals surface area contributed by atoms with Crippen LogP contribution in [-0.2, 0) is 14.8 Å². The maximum Gasteiger partial charge on any atom is 0.286 e. The Morgan fingerprint density at radius 3 is 2.74 bits per heavy atom. The molecule has 1 heterocycles. The first-order valence-corrected chi connectivity index (χ1v) is 7.88. The summed E-state index contributed by atoms with van der Waals surface area (Å²) in [6, 6.07) is 6.67. The Morgan fingerprint density at radius 2 is 1.95 bits per heavy atom. The van der Waals surface area contributed by atoms with E-state index in [-0.39, 0.29) is 22.9 Å². The average molecular weight is 280 g/mol. The maximum atomic E-state index is 11.9. The van der Waals surface area contributed by atoms with Crippen molar-refractivity contribution in [2.24, 2.45) is 10.1 Å². The standard InChI is InChI=1S/C13H16N2O3S/c14-10-6-2-3-7-11(10)18-13-9-5-1-4-8-12(9)19(16,17)15-13/h1,4-5,8,10-11H,2-3,6-7,14H2. The Morgan fingerprint density at radius 1 is 1.21 bits per heavy atom. The predicted molar refractivity (Wildman–Crippen MR) is 71.5 cm³/mol. The molecule has 0 spiro atoms. The Hall–Kier alpha value is -1.40. The summed E-state index contributed by atoms with van der Waals surface area (Å²) in [6.45, 7) is 0. The van der Waals surface area contributed by atoms with Crippen LogP contribution in [-0.4, -0.2) is 26.5 Å². The van der Waals surface area contributed by atoms with Gasteiger partial charge in [-0.05, 0) is 31.4 Å². The van der Waals surface area contributed by atoms with Crippen molar-refractivity contribution in [3.63, 3.8) is 0 Å². The summed E-state index contributed by atoms with van der Waals surface area (Å²) in [6.07, 6.45) is 3.77. The summed E-state index contributed by atoms with van der Waals surface area (Å²) in [5, 5.41) is 0. The average Bonchev–Trinajstić information content (AvgIpc) is 2.65. The van der Waals surface area contributed by atoms with Crippen molar-refractivity contribution >= 4 is 15.9 Å². The minimum Gasteiger partial charge on any atom is -0.472 e. The molecule has 1 aliphatic heterocycles. The molecule has 6 heteroatoms. The van der Waals surface area contributed by atoms with E-state index in [0.717, 1.165) is 25.7 Å². The first kappa shape index (κ1) is 12.6. The second-order valence-electron chi connectivity index (χ2n) is 4.97. The summed E-state index contributed by atoms with van der Waals surface area (Å²) in [7, 11) is -3.60. The van der Waals surface area contributed by atoms with Gasteiger partial charge in [-0.3, -0.25) is 0 Å². The molecule has 0 bridgehead atoms. The van der Waals surface area contributed by atoms with Crippen LogP contribution < -0.4 is 5.73 Å². The summed E-state index contributed by atoms with van der Waals surface area (Å²) in [5.74, 6) is 0.193. The zero-order chi connectivity index (χ0) is 13.5. The second kappa shape index (κ2) is 4.61. The van der Waals surface area contributed by atoms with Crippen LogP contribution in [0.2, 0.25) is 0 Å². The topological polar surface area (TPSA) is 81.8 Å². The monoisotopic (exact) mass is 280 g/mol. The third-order valence-electron chi connectivity index (χ3n) is 3.62. The quantitative estimate of drug-likeness (QED) is 0.843. The highest BCUT2D eigenvalue weighted by molar-refractivity contribution is 7.90. The van der Waals surface area contributed by atoms with Crippen LogP contribution in [0.5, 0.6) is 0 Å². The lowest BCUT2D eigenvalue weighted by molar-refractivity contribution is 0.122. The molecule has 3 rings (SSSR count). The Bertz CT molecular complexity index is 625. The maximum absolute atomic E-state index is 11.9. The first-order chi connectivity index (χ1) is 9.08. The number of benzene rings is 1. The highest BCUT2D eigenvalue weighted by Gasteiger charge is 2.33. The van der Waals surface area contributed by atoms with Gasteiger partial charge in [0.15, 0.2) is 0 Å². The molecule has 1 fully saturated rings. The molecule has 2 unspecified atom stereocenters. The van der Waals surface area contributed by atoms with Gasteiger partial charge in [-0.15, -0.1) is 4.40 Å². The van der Waals surface area contributed by atoms with Crippen LogP contribution in [0.1, 0.15) is 31.2 Å². The van der Waals surface area contributed by atoms with E-state index < -0.39 is 10.0 Å². The highest BCUT2D eigenvalue weighted by Crippen LogP contribution is 2.29. The lowest BCUT2D eigenvalue weighted by atomic mass is 9.93. The largest absolute Gasteiger partial charge is 0.472 e. The van der Waals surface area contributed by atoms with E-state index in [4.69, 9.17) is 10.5 Å². The van der Waals surface area contributed by atoms with Crippen molar-refractivity contribution in [3.8, 4) is 0 Å². The van der Waals surface area contributed by atoms with E-state index >= 15 is 0 Å². The fourth-order valence-corrected chi connectivity index (χ4v) is 3.72. The zero-order valence-corrected chi connectivity index (χ0v) is 11.3. The number of hydrogen-bond acceptors (Lipinski definition) is 4. The lowest BCUT2D eigenvalue weighted by Crippen LogP contribution is -2.40. The van der Waals surface area contributed by atoms with Gasteiger partial charge in [0, 0.05) is 6.04 Å². The smallest absolute Gasteiger partial charge is 0.286 e. The first-order valence-electron chi connectivity index (χ1n) is 6.44. The molecule has 0 aromatic heterocycles. The van der Waals surface area contributed by atoms with Gasteiger partial charge in [-0.2, -0.15) is 8.42 Å². The molecule has 1 saturated carbocycles. The normalized spacial score (nSPS) is 28.6. The third-order valence-corrected chi connectivity index (χ3v) is 4.93. The lowest BCUT2D eigenvalue weighted by Gasteiger charge is -2.28. The van der Waals surface area contributed by atoms with Gasteiger partial charge in [0.05, 0.1) is 5.56 Å². The number of hydrogen-bond donors (Lipinski definition) is 1. The van der Waals surface area contributed by atoms with Crippen LogP contribution >= 0.6 is 0 Å². The van der Waals surface area contributed by atoms with Crippen LogP contribution in [0.15, 0.2) is 33.6 Å². The SMILES string of the molecule is NC1CCCCC1OC1=NS(=O)(=O)c2ccccc21. The Labute approximate surface area is 112 Å². The van der Waals surface area contributed by atoms with Gasteiger partial charge in [0.2, 0.25) is 5.90 Å². The summed E-state index contributed by atoms with van der Waals surface area (Å²) < 4.78 is 33.3. The molecule has 0 amide bonds. The second-order valence-corrected chi connectivity index (χ2v) is 6.54. The van der Waals surface area contributed by atoms with E-state index in [9.17, 15) is 8.42 Å². The van der Waals surface area contributed by atoms with E-state index in [1.54, 1.807) is 24.3 Å². The number of fused-ring (bicyclic) bond motifs is 1. The van der Waals surface area contributed by atoms with Gasteiger partial charge in [-0.25, -0.2) is 0 Å². The van der Waals surface area contributed by atoms with E-state index in [2.05, 4.69) is 4.40 Å². The van der Waals surface area contributed by atoms with Crippen molar-refractivity contribution < 1.29 is 13.2 Å². The van der Waals surface area contributed by atoms with Crippen molar-refractivity contribution in [3.05, 3.63) is 29.8 Å². The minimum absolute atomic E-state index is 0.0492. The molecule has 19 heavy (non-hydrogen) atoms. The van der Waals surface area contributed by atoms with Crippen molar-refractivity contribution in [1.82, 2.24) is 0 Å². The van der Waals surface area contributed by atoms with Crippen molar-refractivity contribution in [2.75, 3.05) is 0 Å². The molecule has 2 aliphatic rings. The molecular weight excluding hydrogens is 264 g/mol. The Kier molecular flexibility index (Phi) is 3.06. The van der Waals surface area contributed by atoms with E-state index in [0.29, 0.717) is 5.56 Å². The molecule has 1 aromatic carbocycles. The van der Waals surface area contributed by atoms with Gasteiger partial charge >= 0.3 is 0 Å². The molecule has 1 aliphatic carbocycles. The number of nitrogens with zero attached hydrogens (tertiary/aromatic N) is 1. The highest BCUT2D eigenvalue weighted by atomic mass is 32.2. The zero-order valence-electron chi connectivity index (χ0n) is 10.5. The fraction of sp³-hybridized carbons (Fsp3) is 0.462. The minimum atomic E-state index is -3.60. The summed E-state index contributed by atoms with van der Waals surface area (Å²) in [4.78, 5) is 0.217. The van der Waals surface area contributed by atoms with Crippen LogP contribution in [0.4, 0.5) is 0 Å². The molecule has 0 saturated heterocycles. The third kappa shape index (κ3) is 2.26. The molecule has 2 N–H and O–H groups in total. The molecule has 1 aromatic rings. The Balaban J connectivity index is 1.90. The van der Waals surface area contributed by atoms with Crippen molar-refractivity contribution in [2.45, 2.75) is 42.7 Å². The van der Waals surface area contributed by atoms with Gasteiger partial charge in [0.25, 0.3) is 10.0 Å². The molecule has 102 valence electrons. The van der Waals surface area contributed by atoms with Crippen LogP contribution in [0, 0.1) is 0 Å². The van der Waals surface area contributed by atoms with E-state index in [1.807, 2.05) is 0 Å². The number of rotatable bonds is 1. The molecule has 5 nitrogen and oxygen atoms in total. The number of sulfonamides is 1. The molecule has 2 atom stereocenters.